The summed E-state index contributed by atoms with van der Waals surface area (Å²) in [5, 5.41) is 12.2. The molecule has 0 saturated carbocycles. The lowest BCUT2D eigenvalue weighted by Gasteiger charge is -2.40. The van der Waals surface area contributed by atoms with Crippen LogP contribution < -0.4 is 0 Å². The van der Waals surface area contributed by atoms with Gasteiger partial charge in [-0.05, 0) is 5.56 Å². The first kappa shape index (κ1) is 13.9. The van der Waals surface area contributed by atoms with Crippen molar-refractivity contribution in [2.75, 3.05) is 12.3 Å². The maximum Gasteiger partial charge on any atom is 0.187 e. The molecule has 2 aliphatic heterocycles. The van der Waals surface area contributed by atoms with Gasteiger partial charge in [0.1, 0.15) is 0 Å². The van der Waals surface area contributed by atoms with E-state index in [1.165, 1.54) is 5.56 Å². The average molecular weight is 310 g/mol. The summed E-state index contributed by atoms with van der Waals surface area (Å²) in [6, 6.07) is 20.4. The molecule has 0 aliphatic carbocycles. The van der Waals surface area contributed by atoms with Gasteiger partial charge in [-0.25, -0.2) is 4.99 Å². The van der Waals surface area contributed by atoms with Gasteiger partial charge in [0.2, 0.25) is 0 Å². The van der Waals surface area contributed by atoms with Crippen LogP contribution in [0.15, 0.2) is 65.7 Å². The number of aliphatic imine (C=N–C) groups is 1. The summed E-state index contributed by atoms with van der Waals surface area (Å²) in [5.74, 6) is 1.03. The Bertz CT molecular complexity index is 689. The van der Waals surface area contributed by atoms with Crippen LogP contribution in [0.3, 0.4) is 0 Å². The fraction of sp³-hybridized carbons (Fsp3) is 0.278. The van der Waals surface area contributed by atoms with Crippen molar-refractivity contribution in [2.45, 2.75) is 18.2 Å². The number of hydrogen-bond acceptors (Lipinski definition) is 4. The number of aliphatic hydroxyl groups is 1. The number of hydrogen-bond donors (Lipinski definition) is 1. The molecule has 0 radical (unpaired) electrons. The van der Waals surface area contributed by atoms with Crippen LogP contribution in [0.5, 0.6) is 0 Å². The number of amidine groups is 1. The van der Waals surface area contributed by atoms with E-state index in [9.17, 15) is 5.11 Å². The maximum absolute atomic E-state index is 11.2. The Hall–Kier alpha value is -1.78. The molecule has 2 unspecified atom stereocenters. The van der Waals surface area contributed by atoms with Crippen LogP contribution in [0.4, 0.5) is 0 Å². The molecule has 1 saturated heterocycles. The number of fused-ring (bicyclic) bond motifs is 1. The Morgan fingerprint density at radius 2 is 1.73 bits per heavy atom. The van der Waals surface area contributed by atoms with Crippen LogP contribution >= 0.6 is 11.8 Å². The third-order valence-corrected chi connectivity index (χ3v) is 5.34. The molecule has 2 atom stereocenters. The second-order valence-electron chi connectivity index (χ2n) is 5.75. The summed E-state index contributed by atoms with van der Waals surface area (Å²) in [7, 11) is 0. The fourth-order valence-corrected chi connectivity index (χ4v) is 4.31. The summed E-state index contributed by atoms with van der Waals surface area (Å²) in [5.41, 5.74) is 0.979. The van der Waals surface area contributed by atoms with Crippen LogP contribution in [0.25, 0.3) is 0 Å². The first-order chi connectivity index (χ1) is 10.8. The van der Waals surface area contributed by atoms with Gasteiger partial charge >= 0.3 is 0 Å². The minimum atomic E-state index is -1.13. The van der Waals surface area contributed by atoms with Gasteiger partial charge in [0, 0.05) is 24.3 Å². The highest BCUT2D eigenvalue weighted by atomic mass is 32.2. The molecule has 2 aliphatic rings. The number of thioether (sulfide) groups is 1. The molecule has 0 bridgehead atoms. The van der Waals surface area contributed by atoms with Crippen molar-refractivity contribution in [1.82, 2.24) is 4.90 Å². The number of rotatable bonds is 2. The van der Waals surface area contributed by atoms with Crippen LogP contribution in [0.1, 0.15) is 23.6 Å². The van der Waals surface area contributed by atoms with Crippen LogP contribution in [-0.2, 0) is 5.72 Å². The minimum Gasteiger partial charge on any atom is -0.365 e. The summed E-state index contributed by atoms with van der Waals surface area (Å²) in [4.78, 5) is 7.01. The Morgan fingerprint density at radius 1 is 1.05 bits per heavy atom. The molecule has 0 aromatic heterocycles. The smallest absolute Gasteiger partial charge is 0.187 e. The summed E-state index contributed by atoms with van der Waals surface area (Å²) in [6.45, 7) is 0.994. The Kier molecular flexibility index (Phi) is 3.43. The highest BCUT2D eigenvalue weighted by Crippen LogP contribution is 2.44. The van der Waals surface area contributed by atoms with Crippen molar-refractivity contribution in [3.05, 3.63) is 71.8 Å². The Morgan fingerprint density at radius 3 is 2.45 bits per heavy atom. The second-order valence-corrected chi connectivity index (χ2v) is 6.81. The van der Waals surface area contributed by atoms with Gasteiger partial charge in [-0.3, -0.25) is 0 Å². The largest absolute Gasteiger partial charge is 0.365 e. The summed E-state index contributed by atoms with van der Waals surface area (Å²) in [6.07, 6.45) is 0.588. The monoisotopic (exact) mass is 310 g/mol. The SMILES string of the molecule is OC1(c2ccccc2)CC(c2ccccc2)N2CCSC2=N1. The lowest BCUT2D eigenvalue weighted by Crippen LogP contribution is -2.42. The standard InChI is InChI=1S/C18H18N2OS/c21-18(15-9-5-2-6-10-15)13-16(14-7-3-1-4-8-14)20-11-12-22-17(20)19-18/h1-10,16,21H,11-13H2. The van der Waals surface area contributed by atoms with Crippen molar-refractivity contribution in [1.29, 1.82) is 0 Å². The van der Waals surface area contributed by atoms with Crippen LogP contribution in [0.2, 0.25) is 0 Å². The third kappa shape index (κ3) is 2.32. The average Bonchev–Trinajstić information content (AvgIpc) is 3.04. The van der Waals surface area contributed by atoms with Crippen molar-refractivity contribution < 1.29 is 5.11 Å². The molecule has 22 heavy (non-hydrogen) atoms. The molecule has 112 valence electrons. The van der Waals surface area contributed by atoms with Gasteiger partial charge in [0.25, 0.3) is 0 Å². The molecule has 2 heterocycles. The van der Waals surface area contributed by atoms with E-state index in [0.29, 0.717) is 6.42 Å². The third-order valence-electron chi connectivity index (χ3n) is 4.36. The first-order valence-corrected chi connectivity index (χ1v) is 8.57. The zero-order valence-corrected chi connectivity index (χ0v) is 13.0. The van der Waals surface area contributed by atoms with Crippen LogP contribution in [0, 0.1) is 0 Å². The summed E-state index contributed by atoms with van der Waals surface area (Å²) < 4.78 is 0. The Labute approximate surface area is 134 Å². The van der Waals surface area contributed by atoms with Gasteiger partial charge < -0.3 is 10.0 Å². The van der Waals surface area contributed by atoms with Crippen LogP contribution in [-0.4, -0.2) is 27.5 Å². The molecule has 4 heteroatoms. The van der Waals surface area contributed by atoms with E-state index < -0.39 is 5.72 Å². The maximum atomic E-state index is 11.2. The lowest BCUT2D eigenvalue weighted by molar-refractivity contribution is 0.00381. The topological polar surface area (TPSA) is 35.8 Å². The van der Waals surface area contributed by atoms with E-state index in [1.807, 2.05) is 36.4 Å². The van der Waals surface area contributed by atoms with E-state index in [-0.39, 0.29) is 6.04 Å². The van der Waals surface area contributed by atoms with Crippen molar-refractivity contribution in [2.24, 2.45) is 4.99 Å². The predicted octanol–water partition coefficient (Wildman–Crippen LogP) is 3.38. The van der Waals surface area contributed by atoms with E-state index in [1.54, 1.807) is 11.8 Å². The van der Waals surface area contributed by atoms with Gasteiger partial charge in [-0.15, -0.1) is 0 Å². The number of benzene rings is 2. The van der Waals surface area contributed by atoms with E-state index >= 15 is 0 Å². The minimum absolute atomic E-state index is 0.175. The fourth-order valence-electron chi connectivity index (χ4n) is 3.24. The highest BCUT2D eigenvalue weighted by molar-refractivity contribution is 8.14. The predicted molar refractivity (Wildman–Crippen MR) is 90.7 cm³/mol. The van der Waals surface area contributed by atoms with Crippen molar-refractivity contribution in [3.8, 4) is 0 Å². The van der Waals surface area contributed by atoms with Gasteiger partial charge in [0.15, 0.2) is 10.9 Å². The van der Waals surface area contributed by atoms with Gasteiger partial charge in [-0.1, -0.05) is 72.4 Å². The quantitative estimate of drug-likeness (QED) is 0.923. The Balaban J connectivity index is 1.78. The normalized spacial score (nSPS) is 27.4. The molecule has 1 fully saturated rings. The second kappa shape index (κ2) is 5.45. The van der Waals surface area contributed by atoms with E-state index in [2.05, 4.69) is 34.2 Å². The highest BCUT2D eigenvalue weighted by Gasteiger charge is 2.43. The lowest BCUT2D eigenvalue weighted by atomic mass is 9.90. The zero-order chi connectivity index (χ0) is 15.0. The van der Waals surface area contributed by atoms with Crippen molar-refractivity contribution in [3.63, 3.8) is 0 Å². The molecule has 2 aromatic carbocycles. The molecule has 0 spiro atoms. The molecule has 3 nitrogen and oxygen atoms in total. The molecule has 1 N–H and O–H groups in total. The van der Waals surface area contributed by atoms with E-state index in [0.717, 1.165) is 23.0 Å². The van der Waals surface area contributed by atoms with E-state index in [4.69, 9.17) is 0 Å². The van der Waals surface area contributed by atoms with Gasteiger partial charge in [0.05, 0.1) is 6.04 Å². The molecular weight excluding hydrogens is 292 g/mol. The van der Waals surface area contributed by atoms with Gasteiger partial charge in [-0.2, -0.15) is 0 Å². The molecule has 4 rings (SSSR count). The first-order valence-electron chi connectivity index (χ1n) is 7.58. The zero-order valence-electron chi connectivity index (χ0n) is 12.2. The molecular formula is C18H18N2OS. The summed E-state index contributed by atoms with van der Waals surface area (Å²) >= 11 is 1.74. The number of nitrogens with zero attached hydrogens (tertiary/aromatic N) is 2. The molecule has 0 amide bonds. The molecule has 2 aromatic rings. The van der Waals surface area contributed by atoms with Crippen molar-refractivity contribution >= 4 is 16.9 Å².